The number of hydrogen-bond acceptors (Lipinski definition) is 4. The molecule has 0 unspecified atom stereocenters. The highest BCUT2D eigenvalue weighted by Gasteiger charge is 2.21. The Bertz CT molecular complexity index is 1260. The molecule has 0 atom stereocenters. The van der Waals surface area contributed by atoms with E-state index in [0.717, 1.165) is 43.4 Å². The molecule has 1 fully saturated rings. The molecule has 4 rings (SSSR count). The Morgan fingerprint density at radius 3 is 2.51 bits per heavy atom. The fraction of sp³-hybridized carbons (Fsp3) is 0.393. The molecular weight excluding hydrogens is 458 g/mol. The van der Waals surface area contributed by atoms with Gasteiger partial charge in [0, 0.05) is 30.9 Å². The minimum Gasteiger partial charge on any atom is -0.337 e. The number of anilines is 1. The summed E-state index contributed by atoms with van der Waals surface area (Å²) in [5, 5.41) is 1.84. The van der Waals surface area contributed by atoms with Crippen LogP contribution in [0.3, 0.4) is 0 Å². The zero-order valence-electron chi connectivity index (χ0n) is 20.4. The van der Waals surface area contributed by atoms with Gasteiger partial charge >= 0.3 is 0 Å². The van der Waals surface area contributed by atoms with Crippen molar-refractivity contribution in [1.82, 2.24) is 9.80 Å². The highest BCUT2D eigenvalue weighted by atomic mass is 32.2. The van der Waals surface area contributed by atoms with Crippen LogP contribution in [0.1, 0.15) is 49.4 Å². The van der Waals surface area contributed by atoms with Gasteiger partial charge in [0.05, 0.1) is 4.90 Å². The number of carbonyl (C=O) groups excluding carboxylic acids is 1. The van der Waals surface area contributed by atoms with Crippen LogP contribution in [0.2, 0.25) is 0 Å². The first kappa shape index (κ1) is 25.2. The lowest BCUT2D eigenvalue weighted by atomic mass is 10.1. The molecule has 0 aromatic heterocycles. The smallest absolute Gasteiger partial charge is 0.261 e. The lowest BCUT2D eigenvalue weighted by Crippen LogP contribution is -2.35. The lowest BCUT2D eigenvalue weighted by Gasteiger charge is -2.22. The molecule has 0 spiro atoms. The van der Waals surface area contributed by atoms with E-state index in [9.17, 15) is 13.2 Å². The second-order valence-electron chi connectivity index (χ2n) is 9.24. The minimum absolute atomic E-state index is 0.0513. The summed E-state index contributed by atoms with van der Waals surface area (Å²) >= 11 is 0. The molecule has 7 heteroatoms. The third-order valence-corrected chi connectivity index (χ3v) is 7.98. The number of benzene rings is 3. The van der Waals surface area contributed by atoms with Gasteiger partial charge in [0.25, 0.3) is 15.9 Å². The third kappa shape index (κ3) is 6.61. The fourth-order valence-electron chi connectivity index (χ4n) is 4.61. The summed E-state index contributed by atoms with van der Waals surface area (Å²) < 4.78 is 28.7. The Kier molecular flexibility index (Phi) is 8.42. The molecule has 0 bridgehead atoms. The number of nitrogens with zero attached hydrogens (tertiary/aromatic N) is 2. The van der Waals surface area contributed by atoms with Crippen molar-refractivity contribution in [2.75, 3.05) is 37.4 Å². The van der Waals surface area contributed by atoms with E-state index in [2.05, 4.69) is 16.5 Å². The van der Waals surface area contributed by atoms with Crippen molar-refractivity contribution in [3.05, 3.63) is 72.3 Å². The molecule has 1 saturated heterocycles. The summed E-state index contributed by atoms with van der Waals surface area (Å²) in [6, 6.07) is 19.5. The molecule has 3 aromatic rings. The average molecular weight is 494 g/mol. The number of unbranched alkanes of at least 4 members (excludes halogenated alkanes) is 3. The van der Waals surface area contributed by atoms with Crippen LogP contribution in [-0.4, -0.2) is 56.8 Å². The van der Waals surface area contributed by atoms with E-state index in [0.29, 0.717) is 17.8 Å². The Morgan fingerprint density at radius 2 is 1.69 bits per heavy atom. The van der Waals surface area contributed by atoms with Crippen LogP contribution in [0.15, 0.2) is 71.6 Å². The maximum Gasteiger partial charge on any atom is 0.261 e. The van der Waals surface area contributed by atoms with Gasteiger partial charge in [0.2, 0.25) is 0 Å². The van der Waals surface area contributed by atoms with E-state index in [4.69, 9.17) is 0 Å². The number of carbonyl (C=O) groups is 1. The third-order valence-electron chi connectivity index (χ3n) is 6.60. The molecule has 1 aliphatic rings. The first-order chi connectivity index (χ1) is 17.0. The van der Waals surface area contributed by atoms with Gasteiger partial charge in [0.15, 0.2) is 0 Å². The maximum absolute atomic E-state index is 13.2. The van der Waals surface area contributed by atoms with Crippen molar-refractivity contribution >= 4 is 32.4 Å². The molecule has 6 nitrogen and oxygen atoms in total. The summed E-state index contributed by atoms with van der Waals surface area (Å²) in [7, 11) is -3.78. The summed E-state index contributed by atoms with van der Waals surface area (Å²) in [4.78, 5) is 17.8. The largest absolute Gasteiger partial charge is 0.337 e. The van der Waals surface area contributed by atoms with Crippen LogP contribution in [0.5, 0.6) is 0 Å². The van der Waals surface area contributed by atoms with Crippen molar-refractivity contribution in [3.8, 4) is 0 Å². The number of rotatable bonds is 9. The molecule has 1 aliphatic heterocycles. The number of amides is 1. The van der Waals surface area contributed by atoms with Crippen LogP contribution in [0, 0.1) is 0 Å². The molecule has 1 N–H and O–H groups in total. The lowest BCUT2D eigenvalue weighted by molar-refractivity contribution is 0.0761. The normalized spacial score (nSPS) is 15.2. The zero-order chi connectivity index (χ0) is 24.7. The maximum atomic E-state index is 13.2. The van der Waals surface area contributed by atoms with E-state index in [-0.39, 0.29) is 10.8 Å². The molecule has 1 heterocycles. The van der Waals surface area contributed by atoms with E-state index < -0.39 is 10.0 Å². The van der Waals surface area contributed by atoms with Gasteiger partial charge in [-0.25, -0.2) is 8.42 Å². The van der Waals surface area contributed by atoms with E-state index in [1.54, 1.807) is 42.5 Å². The van der Waals surface area contributed by atoms with Gasteiger partial charge in [-0.15, -0.1) is 0 Å². The van der Waals surface area contributed by atoms with Crippen molar-refractivity contribution in [3.63, 3.8) is 0 Å². The summed E-state index contributed by atoms with van der Waals surface area (Å²) in [6.45, 7) is 6.62. The molecule has 186 valence electrons. The standard InChI is InChI=1S/C28H35N3O3S/c1-2-3-4-7-16-30-17-9-18-31(20-19-30)28(32)25-12-8-13-26(21-25)29-35(33,34)27-15-14-23-10-5-6-11-24(23)22-27/h5-6,8,10-15,21-22,29H,2-4,7,9,16-20H2,1H3. The van der Waals surface area contributed by atoms with Crippen LogP contribution >= 0.6 is 0 Å². The molecular formula is C28H35N3O3S. The van der Waals surface area contributed by atoms with Crippen LogP contribution < -0.4 is 4.72 Å². The number of sulfonamides is 1. The molecule has 0 saturated carbocycles. The van der Waals surface area contributed by atoms with E-state index in [1.807, 2.05) is 29.2 Å². The number of fused-ring (bicyclic) bond motifs is 1. The predicted octanol–water partition coefficient (Wildman–Crippen LogP) is 5.37. The minimum atomic E-state index is -3.78. The quantitative estimate of drug-likeness (QED) is 0.407. The second kappa shape index (κ2) is 11.7. The number of nitrogens with one attached hydrogen (secondary N) is 1. The van der Waals surface area contributed by atoms with Gasteiger partial charge < -0.3 is 9.80 Å². The summed E-state index contributed by atoms with van der Waals surface area (Å²) in [5.74, 6) is -0.0513. The van der Waals surface area contributed by atoms with Crippen LogP contribution in [-0.2, 0) is 10.0 Å². The van der Waals surface area contributed by atoms with Crippen molar-refractivity contribution in [2.24, 2.45) is 0 Å². The molecule has 3 aromatic carbocycles. The first-order valence-electron chi connectivity index (χ1n) is 12.6. The zero-order valence-corrected chi connectivity index (χ0v) is 21.3. The van der Waals surface area contributed by atoms with Gasteiger partial charge in [-0.05, 0) is 67.0 Å². The topological polar surface area (TPSA) is 69.7 Å². The summed E-state index contributed by atoms with van der Waals surface area (Å²) in [5.41, 5.74) is 0.886. The molecule has 1 amide bonds. The fourth-order valence-corrected chi connectivity index (χ4v) is 5.69. The first-order valence-corrected chi connectivity index (χ1v) is 14.1. The highest BCUT2D eigenvalue weighted by Crippen LogP contribution is 2.22. The highest BCUT2D eigenvalue weighted by molar-refractivity contribution is 7.92. The van der Waals surface area contributed by atoms with Gasteiger partial charge in [-0.3, -0.25) is 9.52 Å². The van der Waals surface area contributed by atoms with E-state index in [1.165, 1.54) is 25.7 Å². The van der Waals surface area contributed by atoms with Crippen LogP contribution in [0.4, 0.5) is 5.69 Å². The Labute approximate surface area is 209 Å². The Morgan fingerprint density at radius 1 is 0.857 bits per heavy atom. The van der Waals surface area contributed by atoms with Gasteiger partial charge in [0.1, 0.15) is 0 Å². The summed E-state index contributed by atoms with van der Waals surface area (Å²) in [6.07, 6.45) is 5.94. The van der Waals surface area contributed by atoms with Crippen molar-refractivity contribution in [1.29, 1.82) is 0 Å². The Hall–Kier alpha value is -2.90. The predicted molar refractivity (Wildman–Crippen MR) is 142 cm³/mol. The van der Waals surface area contributed by atoms with Gasteiger partial charge in [-0.2, -0.15) is 0 Å². The monoisotopic (exact) mass is 493 g/mol. The Balaban J connectivity index is 1.41. The second-order valence-corrected chi connectivity index (χ2v) is 10.9. The molecule has 35 heavy (non-hydrogen) atoms. The van der Waals surface area contributed by atoms with Gasteiger partial charge in [-0.1, -0.05) is 62.6 Å². The van der Waals surface area contributed by atoms with Crippen LogP contribution in [0.25, 0.3) is 10.8 Å². The molecule has 0 aliphatic carbocycles. The van der Waals surface area contributed by atoms with Crippen molar-refractivity contribution in [2.45, 2.75) is 43.9 Å². The van der Waals surface area contributed by atoms with Crippen molar-refractivity contribution < 1.29 is 13.2 Å². The number of hydrogen-bond donors (Lipinski definition) is 1. The van der Waals surface area contributed by atoms with E-state index >= 15 is 0 Å². The average Bonchev–Trinajstić information content (AvgIpc) is 3.11. The SMILES string of the molecule is CCCCCCN1CCCN(C(=O)c2cccc(NS(=O)(=O)c3ccc4ccccc4c3)c2)CC1. The molecule has 0 radical (unpaired) electrons.